The van der Waals surface area contributed by atoms with Gasteiger partial charge >= 0.3 is 5.97 Å². The van der Waals surface area contributed by atoms with Gasteiger partial charge < -0.3 is 10.4 Å². The number of carbonyl (C=O) groups excluding carboxylic acids is 1. The van der Waals surface area contributed by atoms with Gasteiger partial charge in [-0.3, -0.25) is 9.79 Å². The van der Waals surface area contributed by atoms with E-state index in [4.69, 9.17) is 0 Å². The van der Waals surface area contributed by atoms with Gasteiger partial charge in [-0.2, -0.15) is 0 Å². The predicted molar refractivity (Wildman–Crippen MR) is 101 cm³/mol. The third kappa shape index (κ3) is 3.04. The molecular formula is C21H20N2O3. The van der Waals surface area contributed by atoms with E-state index in [1.165, 1.54) is 6.08 Å². The number of carboxylic acids is 1. The van der Waals surface area contributed by atoms with E-state index in [0.717, 1.165) is 11.1 Å². The van der Waals surface area contributed by atoms with Crippen molar-refractivity contribution in [2.24, 2.45) is 4.99 Å². The number of nitrogens with one attached hydrogen (secondary N) is 1. The molecule has 0 aromatic heterocycles. The largest absolute Gasteiger partial charge is 0.479 e. The number of amides is 1. The van der Waals surface area contributed by atoms with Crippen LogP contribution in [0.5, 0.6) is 0 Å². The van der Waals surface area contributed by atoms with Crippen molar-refractivity contribution in [1.29, 1.82) is 0 Å². The summed E-state index contributed by atoms with van der Waals surface area (Å²) in [5.74, 6) is -1.51. The van der Waals surface area contributed by atoms with Crippen LogP contribution in [0.4, 0.5) is 0 Å². The number of hydrogen-bond acceptors (Lipinski definition) is 3. The summed E-state index contributed by atoms with van der Waals surface area (Å²) >= 11 is 0. The van der Waals surface area contributed by atoms with Gasteiger partial charge in [-0.15, -0.1) is 0 Å². The van der Waals surface area contributed by atoms with Gasteiger partial charge in [0.15, 0.2) is 0 Å². The second-order valence-corrected chi connectivity index (χ2v) is 6.32. The van der Waals surface area contributed by atoms with Crippen LogP contribution in [0.25, 0.3) is 0 Å². The van der Waals surface area contributed by atoms with Gasteiger partial charge in [-0.25, -0.2) is 4.79 Å². The molecule has 0 bridgehead atoms. The molecule has 1 amide bonds. The summed E-state index contributed by atoms with van der Waals surface area (Å²) in [6.07, 6.45) is 9.16. The standard InChI is InChI=1S/C21H20N2O3/c1-3-16(17-10-6-7-11-18(17)22-2)19(24)23-21(20(25)26)12-14-8-4-5-9-15(14)13-21/h3-11H,1,12-13H2,2H3,(H,23,24)(H,25,26)/b17-16+,22-18?. The maximum atomic E-state index is 12.9. The van der Waals surface area contributed by atoms with Gasteiger partial charge in [0.2, 0.25) is 0 Å². The first-order chi connectivity index (χ1) is 12.5. The molecule has 5 heteroatoms. The summed E-state index contributed by atoms with van der Waals surface area (Å²) in [5, 5.41) is 12.6. The number of benzene rings is 1. The molecule has 3 rings (SSSR count). The minimum absolute atomic E-state index is 0.258. The van der Waals surface area contributed by atoms with Crippen LogP contribution in [0, 0.1) is 0 Å². The maximum Gasteiger partial charge on any atom is 0.330 e. The molecule has 2 aliphatic rings. The van der Waals surface area contributed by atoms with Crippen LogP contribution in [0.2, 0.25) is 0 Å². The molecule has 0 spiro atoms. The van der Waals surface area contributed by atoms with Crippen molar-refractivity contribution in [3.05, 3.63) is 83.5 Å². The molecule has 26 heavy (non-hydrogen) atoms. The summed E-state index contributed by atoms with van der Waals surface area (Å²) in [7, 11) is 1.64. The van der Waals surface area contributed by atoms with Crippen LogP contribution >= 0.6 is 0 Å². The first-order valence-corrected chi connectivity index (χ1v) is 8.32. The summed E-state index contributed by atoms with van der Waals surface area (Å²) in [6.45, 7) is 3.73. The van der Waals surface area contributed by atoms with E-state index >= 15 is 0 Å². The number of aliphatic imine (C=N–C) groups is 1. The van der Waals surface area contributed by atoms with Gasteiger partial charge in [-0.05, 0) is 17.2 Å². The Kier molecular flexibility index (Phi) is 4.71. The van der Waals surface area contributed by atoms with Crippen molar-refractivity contribution >= 4 is 17.6 Å². The normalized spacial score (nSPS) is 20.6. The van der Waals surface area contributed by atoms with Crippen molar-refractivity contribution in [3.63, 3.8) is 0 Å². The van der Waals surface area contributed by atoms with Crippen molar-refractivity contribution in [1.82, 2.24) is 5.32 Å². The lowest BCUT2D eigenvalue weighted by molar-refractivity contribution is -0.146. The number of nitrogens with zero attached hydrogens (tertiary/aromatic N) is 1. The fraction of sp³-hybridized carbons (Fsp3) is 0.190. The zero-order chi connectivity index (χ0) is 18.7. The molecule has 0 saturated heterocycles. The number of aliphatic carboxylic acids is 1. The average Bonchev–Trinajstić information content (AvgIpc) is 3.02. The SMILES string of the molecule is C=C/C(C(=O)NC1(C(=O)O)Cc2ccccc2C1)=C1/C=CC=CC1=NC. The first-order valence-electron chi connectivity index (χ1n) is 8.32. The zero-order valence-electron chi connectivity index (χ0n) is 14.5. The molecule has 0 radical (unpaired) electrons. The van der Waals surface area contributed by atoms with E-state index in [9.17, 15) is 14.7 Å². The molecule has 1 aromatic carbocycles. The number of hydrogen-bond donors (Lipinski definition) is 2. The molecule has 0 unspecified atom stereocenters. The van der Waals surface area contributed by atoms with Gasteiger partial charge in [0.1, 0.15) is 5.54 Å². The summed E-state index contributed by atoms with van der Waals surface area (Å²) in [5.41, 5.74) is 2.12. The monoisotopic (exact) mass is 348 g/mol. The van der Waals surface area contributed by atoms with Crippen molar-refractivity contribution in [3.8, 4) is 0 Å². The van der Waals surface area contributed by atoms with Gasteiger partial charge in [0.05, 0.1) is 5.71 Å². The van der Waals surface area contributed by atoms with E-state index in [2.05, 4.69) is 16.9 Å². The second-order valence-electron chi connectivity index (χ2n) is 6.32. The number of carboxylic acid groups (broad SMARTS) is 1. The lowest BCUT2D eigenvalue weighted by Gasteiger charge is -2.26. The molecule has 2 aliphatic carbocycles. The molecule has 2 N–H and O–H groups in total. The predicted octanol–water partition coefficient (Wildman–Crippen LogP) is 2.40. The molecule has 5 nitrogen and oxygen atoms in total. The Balaban J connectivity index is 1.95. The van der Waals surface area contributed by atoms with E-state index in [1.54, 1.807) is 25.3 Å². The van der Waals surface area contributed by atoms with Crippen LogP contribution in [0.1, 0.15) is 11.1 Å². The molecule has 0 fully saturated rings. The van der Waals surface area contributed by atoms with Gasteiger partial charge in [-0.1, -0.05) is 55.1 Å². The van der Waals surface area contributed by atoms with E-state index in [0.29, 0.717) is 16.9 Å². The summed E-state index contributed by atoms with van der Waals surface area (Å²) < 4.78 is 0. The lowest BCUT2D eigenvalue weighted by Crippen LogP contribution is -2.55. The van der Waals surface area contributed by atoms with E-state index in [-0.39, 0.29) is 12.8 Å². The second kappa shape index (κ2) is 6.96. The maximum absolute atomic E-state index is 12.9. The molecule has 1 aromatic rings. The Labute approximate surface area is 152 Å². The van der Waals surface area contributed by atoms with E-state index < -0.39 is 17.4 Å². The molecular weight excluding hydrogens is 328 g/mol. The minimum Gasteiger partial charge on any atom is -0.479 e. The van der Waals surface area contributed by atoms with Crippen LogP contribution < -0.4 is 5.32 Å². The highest BCUT2D eigenvalue weighted by Gasteiger charge is 2.45. The van der Waals surface area contributed by atoms with Crippen LogP contribution in [0.15, 0.2) is 77.4 Å². The Bertz CT molecular complexity index is 879. The average molecular weight is 348 g/mol. The topological polar surface area (TPSA) is 78.8 Å². The lowest BCUT2D eigenvalue weighted by atomic mass is 9.93. The number of rotatable bonds is 4. The highest BCUT2D eigenvalue weighted by atomic mass is 16.4. The van der Waals surface area contributed by atoms with Crippen LogP contribution in [-0.4, -0.2) is 35.3 Å². The van der Waals surface area contributed by atoms with Crippen LogP contribution in [-0.2, 0) is 22.4 Å². The molecule has 0 saturated carbocycles. The van der Waals surface area contributed by atoms with E-state index in [1.807, 2.05) is 30.3 Å². The third-order valence-electron chi connectivity index (χ3n) is 4.75. The molecule has 0 atom stereocenters. The quantitative estimate of drug-likeness (QED) is 0.820. The van der Waals surface area contributed by atoms with Crippen LogP contribution in [0.3, 0.4) is 0 Å². The Morgan fingerprint density at radius 2 is 1.81 bits per heavy atom. The number of fused-ring (bicyclic) bond motifs is 1. The molecule has 0 heterocycles. The highest BCUT2D eigenvalue weighted by Crippen LogP contribution is 2.31. The smallest absolute Gasteiger partial charge is 0.330 e. The summed E-state index contributed by atoms with van der Waals surface area (Å²) in [6, 6.07) is 7.54. The first kappa shape index (κ1) is 17.6. The van der Waals surface area contributed by atoms with Gasteiger partial charge in [0, 0.05) is 31.0 Å². The number of allylic oxidation sites excluding steroid dienone is 5. The molecule has 132 valence electrons. The fourth-order valence-corrected chi connectivity index (χ4v) is 3.41. The number of carbonyl (C=O) groups is 2. The highest BCUT2D eigenvalue weighted by molar-refractivity contribution is 6.17. The minimum atomic E-state index is -1.35. The van der Waals surface area contributed by atoms with Crippen molar-refractivity contribution in [2.45, 2.75) is 18.4 Å². The molecule has 0 aliphatic heterocycles. The Hall–Kier alpha value is -3.21. The van der Waals surface area contributed by atoms with Gasteiger partial charge in [0.25, 0.3) is 5.91 Å². The van der Waals surface area contributed by atoms with Crippen molar-refractivity contribution in [2.75, 3.05) is 7.05 Å². The van der Waals surface area contributed by atoms with Crippen molar-refractivity contribution < 1.29 is 14.7 Å². The Morgan fingerprint density at radius 3 is 2.35 bits per heavy atom. The zero-order valence-corrected chi connectivity index (χ0v) is 14.5. The summed E-state index contributed by atoms with van der Waals surface area (Å²) in [4.78, 5) is 29.1. The fourth-order valence-electron chi connectivity index (χ4n) is 3.41. The Morgan fingerprint density at radius 1 is 1.19 bits per heavy atom. The third-order valence-corrected chi connectivity index (χ3v) is 4.75.